The molecule has 1 aromatic carbocycles. The van der Waals surface area contributed by atoms with Crippen molar-refractivity contribution >= 4 is 17.7 Å². The summed E-state index contributed by atoms with van der Waals surface area (Å²) in [7, 11) is 0. The Morgan fingerprint density at radius 2 is 1.86 bits per heavy atom. The summed E-state index contributed by atoms with van der Waals surface area (Å²) < 4.78 is 10.4. The number of rotatable bonds is 4. The third kappa shape index (κ3) is 3.24. The Balaban J connectivity index is 2.29. The van der Waals surface area contributed by atoms with E-state index in [9.17, 15) is 4.79 Å². The van der Waals surface area contributed by atoms with E-state index in [1.807, 2.05) is 13.8 Å². The van der Waals surface area contributed by atoms with Gasteiger partial charge in [0.1, 0.15) is 0 Å². The number of benzene rings is 1. The number of nitrogens with zero attached hydrogens (tertiary/aromatic N) is 1. The highest BCUT2D eigenvalue weighted by Crippen LogP contribution is 2.26. The van der Waals surface area contributed by atoms with Gasteiger partial charge < -0.3 is 14.5 Å². The molecule has 5 nitrogen and oxygen atoms in total. The van der Waals surface area contributed by atoms with E-state index >= 15 is 0 Å². The van der Waals surface area contributed by atoms with Gasteiger partial charge in [-0.1, -0.05) is 17.7 Å². The Kier molecular flexibility index (Phi) is 4.31. The minimum atomic E-state index is -0.493. The van der Waals surface area contributed by atoms with Crippen LogP contribution in [0.15, 0.2) is 16.5 Å². The van der Waals surface area contributed by atoms with Crippen LogP contribution in [0.2, 0.25) is 0 Å². The Morgan fingerprint density at radius 1 is 1.24 bits per heavy atom. The van der Waals surface area contributed by atoms with Crippen molar-refractivity contribution in [3.8, 4) is 0 Å². The molecule has 2 rings (SSSR count). The number of oxazole rings is 1. The van der Waals surface area contributed by atoms with Crippen LogP contribution >= 0.6 is 0 Å². The van der Waals surface area contributed by atoms with Gasteiger partial charge in [-0.3, -0.25) is 0 Å². The average Bonchev–Trinajstić information content (AvgIpc) is 2.75. The molecule has 0 amide bonds. The van der Waals surface area contributed by atoms with Crippen LogP contribution in [0.4, 0.5) is 11.7 Å². The van der Waals surface area contributed by atoms with Crippen LogP contribution in [0.1, 0.15) is 39.9 Å². The number of carbonyl (C=O) groups excluding carboxylic acids is 1. The minimum absolute atomic E-state index is 0.141. The number of ether oxygens (including phenoxy) is 1. The molecule has 0 aliphatic heterocycles. The largest absolute Gasteiger partial charge is 0.460 e. The normalized spacial score (nSPS) is 10.5. The number of anilines is 2. The molecular formula is C16H20N2O3. The van der Waals surface area contributed by atoms with Crippen LogP contribution in [0.3, 0.4) is 0 Å². The number of carbonyl (C=O) groups is 1. The summed E-state index contributed by atoms with van der Waals surface area (Å²) in [6.07, 6.45) is 0. The molecule has 0 atom stereocenters. The van der Waals surface area contributed by atoms with Crippen molar-refractivity contribution in [2.24, 2.45) is 0 Å². The van der Waals surface area contributed by atoms with Gasteiger partial charge in [-0.2, -0.15) is 4.98 Å². The lowest BCUT2D eigenvalue weighted by atomic mass is 10.1. The molecule has 112 valence electrons. The number of hydrogen-bond donors (Lipinski definition) is 1. The third-order valence-corrected chi connectivity index (χ3v) is 3.17. The van der Waals surface area contributed by atoms with Crippen molar-refractivity contribution in [3.63, 3.8) is 0 Å². The second-order valence-corrected chi connectivity index (χ2v) is 5.05. The predicted octanol–water partition coefficient (Wildman–Crippen LogP) is 3.83. The van der Waals surface area contributed by atoms with Crippen LogP contribution in [-0.2, 0) is 4.74 Å². The van der Waals surface area contributed by atoms with E-state index in [2.05, 4.69) is 29.4 Å². The molecule has 2 aromatic rings. The van der Waals surface area contributed by atoms with Gasteiger partial charge in [0.05, 0.1) is 12.3 Å². The van der Waals surface area contributed by atoms with Gasteiger partial charge in [0, 0.05) is 5.69 Å². The van der Waals surface area contributed by atoms with Crippen molar-refractivity contribution in [1.29, 1.82) is 0 Å². The van der Waals surface area contributed by atoms with Crippen LogP contribution in [0.5, 0.6) is 0 Å². The van der Waals surface area contributed by atoms with Gasteiger partial charge >= 0.3 is 5.97 Å². The summed E-state index contributed by atoms with van der Waals surface area (Å²) in [4.78, 5) is 16.0. The van der Waals surface area contributed by atoms with Gasteiger partial charge in [-0.15, -0.1) is 0 Å². The summed E-state index contributed by atoms with van der Waals surface area (Å²) in [5, 5.41) is 3.14. The highest BCUT2D eigenvalue weighted by Gasteiger charge is 2.19. The fraction of sp³-hybridized carbons (Fsp3) is 0.375. The Bertz CT molecular complexity index is 651. The molecule has 0 aliphatic rings. The molecule has 0 radical (unpaired) electrons. The number of hydrogen-bond acceptors (Lipinski definition) is 5. The van der Waals surface area contributed by atoms with Crippen LogP contribution in [0.25, 0.3) is 0 Å². The van der Waals surface area contributed by atoms with Gasteiger partial charge in [-0.25, -0.2) is 4.79 Å². The minimum Gasteiger partial charge on any atom is -0.460 e. The lowest BCUT2D eigenvalue weighted by Gasteiger charge is -2.11. The Morgan fingerprint density at radius 3 is 2.43 bits per heavy atom. The fourth-order valence-corrected chi connectivity index (χ4v) is 2.32. The van der Waals surface area contributed by atoms with Crippen molar-refractivity contribution in [3.05, 3.63) is 40.3 Å². The van der Waals surface area contributed by atoms with E-state index in [1.54, 1.807) is 13.8 Å². The zero-order valence-electron chi connectivity index (χ0n) is 13.0. The molecule has 0 aliphatic carbocycles. The molecule has 5 heteroatoms. The average molecular weight is 288 g/mol. The second kappa shape index (κ2) is 5.99. The van der Waals surface area contributed by atoms with Crippen LogP contribution in [0, 0.1) is 27.7 Å². The first kappa shape index (κ1) is 15.1. The SMILES string of the molecule is CCOC(=O)c1oc(Nc2c(C)cc(C)cc2C)nc1C. The topological polar surface area (TPSA) is 64.4 Å². The highest BCUT2D eigenvalue weighted by molar-refractivity contribution is 5.87. The molecule has 0 saturated carbocycles. The second-order valence-electron chi connectivity index (χ2n) is 5.05. The maximum absolute atomic E-state index is 11.7. The summed E-state index contributed by atoms with van der Waals surface area (Å²) in [6, 6.07) is 4.46. The van der Waals surface area contributed by atoms with E-state index in [0.717, 1.165) is 16.8 Å². The van der Waals surface area contributed by atoms with Crippen molar-refractivity contribution in [1.82, 2.24) is 4.98 Å². The van der Waals surface area contributed by atoms with Gasteiger partial charge in [-0.05, 0) is 45.7 Å². The third-order valence-electron chi connectivity index (χ3n) is 3.17. The van der Waals surface area contributed by atoms with Crippen molar-refractivity contribution in [2.45, 2.75) is 34.6 Å². The van der Waals surface area contributed by atoms with Gasteiger partial charge in [0.2, 0.25) is 5.76 Å². The summed E-state index contributed by atoms with van der Waals surface area (Å²) in [5.41, 5.74) is 4.85. The monoisotopic (exact) mass is 288 g/mol. The first-order valence-corrected chi connectivity index (χ1v) is 6.91. The quantitative estimate of drug-likeness (QED) is 0.866. The molecule has 0 saturated heterocycles. The smallest absolute Gasteiger partial charge is 0.376 e. The van der Waals surface area contributed by atoms with Crippen LogP contribution < -0.4 is 5.32 Å². The molecule has 0 unspecified atom stereocenters. The number of nitrogens with one attached hydrogen (secondary N) is 1. The molecule has 0 bridgehead atoms. The first-order chi connectivity index (χ1) is 9.92. The molecule has 1 N–H and O–H groups in total. The first-order valence-electron chi connectivity index (χ1n) is 6.91. The lowest BCUT2D eigenvalue weighted by molar-refractivity contribution is 0.0490. The Hall–Kier alpha value is -2.30. The van der Waals surface area contributed by atoms with E-state index in [0.29, 0.717) is 18.3 Å². The number of aromatic nitrogens is 1. The van der Waals surface area contributed by atoms with E-state index in [1.165, 1.54) is 5.56 Å². The lowest BCUT2D eigenvalue weighted by Crippen LogP contribution is -2.04. The molecule has 1 aromatic heterocycles. The maximum Gasteiger partial charge on any atom is 0.376 e. The summed E-state index contributed by atoms with van der Waals surface area (Å²) in [6.45, 7) is 9.86. The zero-order chi connectivity index (χ0) is 15.6. The molecular weight excluding hydrogens is 268 g/mol. The van der Waals surface area contributed by atoms with Crippen molar-refractivity contribution in [2.75, 3.05) is 11.9 Å². The summed E-state index contributed by atoms with van der Waals surface area (Å²) >= 11 is 0. The van der Waals surface area contributed by atoms with E-state index < -0.39 is 5.97 Å². The molecule has 1 heterocycles. The number of esters is 1. The maximum atomic E-state index is 11.7. The van der Waals surface area contributed by atoms with Crippen LogP contribution in [-0.4, -0.2) is 17.6 Å². The van der Waals surface area contributed by atoms with Gasteiger partial charge in [0.15, 0.2) is 0 Å². The molecule has 0 spiro atoms. The van der Waals surface area contributed by atoms with Gasteiger partial charge in [0.25, 0.3) is 6.01 Å². The van der Waals surface area contributed by atoms with Crippen molar-refractivity contribution < 1.29 is 13.9 Å². The van der Waals surface area contributed by atoms with E-state index in [4.69, 9.17) is 9.15 Å². The zero-order valence-corrected chi connectivity index (χ0v) is 13.0. The predicted molar refractivity (Wildman–Crippen MR) is 81.1 cm³/mol. The molecule has 0 fully saturated rings. The summed E-state index contributed by atoms with van der Waals surface area (Å²) in [5.74, 6) is -0.352. The number of aryl methyl sites for hydroxylation is 4. The highest BCUT2D eigenvalue weighted by atomic mass is 16.5. The standard InChI is InChI=1S/C16H20N2O3/c1-6-20-15(19)14-12(5)17-16(21-14)18-13-10(3)7-9(2)8-11(13)4/h7-8H,6H2,1-5H3,(H,17,18). The Labute approximate surface area is 124 Å². The molecule has 21 heavy (non-hydrogen) atoms. The van der Waals surface area contributed by atoms with E-state index in [-0.39, 0.29) is 5.76 Å². The fourth-order valence-electron chi connectivity index (χ4n) is 2.32.